The van der Waals surface area contributed by atoms with Crippen molar-refractivity contribution in [1.29, 1.82) is 0 Å². The Hall–Kier alpha value is -0.990. The van der Waals surface area contributed by atoms with E-state index < -0.39 is 10.0 Å². The van der Waals surface area contributed by atoms with Gasteiger partial charge in [-0.2, -0.15) is 4.31 Å². The Labute approximate surface area is 137 Å². The molecule has 2 atom stereocenters. The molecule has 3 rings (SSSR count). The van der Waals surface area contributed by atoms with Crippen molar-refractivity contribution in [3.05, 3.63) is 29.3 Å². The smallest absolute Gasteiger partial charge is 0.243 e. The fraction of sp³-hybridized carbons (Fsp3) is 0.625. The summed E-state index contributed by atoms with van der Waals surface area (Å²) in [6.45, 7) is 6.60. The topological polar surface area (TPSA) is 70.1 Å². The highest BCUT2D eigenvalue weighted by Gasteiger charge is 2.36. The fourth-order valence-corrected chi connectivity index (χ4v) is 5.17. The van der Waals surface area contributed by atoms with Gasteiger partial charge in [0.2, 0.25) is 10.0 Å². The summed E-state index contributed by atoms with van der Waals surface area (Å²) in [6.07, 6.45) is 0. The number of hydrogen-bond donors (Lipinski definition) is 1. The summed E-state index contributed by atoms with van der Waals surface area (Å²) in [5.74, 6) is 0. The zero-order valence-electron chi connectivity index (χ0n) is 13.6. The molecule has 1 fully saturated rings. The number of aliphatic hydroxyl groups excluding tert-OH is 1. The van der Waals surface area contributed by atoms with Gasteiger partial charge in [0, 0.05) is 31.7 Å². The second-order valence-electron chi connectivity index (χ2n) is 6.40. The summed E-state index contributed by atoms with van der Waals surface area (Å²) < 4.78 is 32.8. The number of hydrogen-bond acceptors (Lipinski definition) is 5. The highest BCUT2D eigenvalue weighted by atomic mass is 32.2. The van der Waals surface area contributed by atoms with Crippen LogP contribution in [-0.2, 0) is 28.0 Å². The third kappa shape index (κ3) is 3.16. The predicted molar refractivity (Wildman–Crippen MR) is 86.4 cm³/mol. The van der Waals surface area contributed by atoms with Crippen LogP contribution in [0.2, 0.25) is 0 Å². The van der Waals surface area contributed by atoms with Crippen LogP contribution >= 0.6 is 0 Å². The minimum absolute atomic E-state index is 0.0819. The molecule has 6 nitrogen and oxygen atoms in total. The molecular weight excluding hydrogens is 316 g/mol. The molecule has 0 amide bonds. The van der Waals surface area contributed by atoms with E-state index in [0.29, 0.717) is 37.7 Å². The molecule has 1 N–H and O–H groups in total. The van der Waals surface area contributed by atoms with Gasteiger partial charge in [0.15, 0.2) is 0 Å². The number of sulfonamides is 1. The van der Waals surface area contributed by atoms with Crippen molar-refractivity contribution in [3.8, 4) is 0 Å². The van der Waals surface area contributed by atoms with Gasteiger partial charge in [0.25, 0.3) is 0 Å². The summed E-state index contributed by atoms with van der Waals surface area (Å²) in [4.78, 5) is 2.50. The van der Waals surface area contributed by atoms with Crippen molar-refractivity contribution in [2.45, 2.75) is 44.0 Å². The van der Waals surface area contributed by atoms with Crippen LogP contribution in [0.1, 0.15) is 25.0 Å². The molecule has 0 aliphatic carbocycles. The fourth-order valence-electron chi connectivity index (χ4n) is 3.52. The number of fused-ring (bicyclic) bond motifs is 1. The molecule has 128 valence electrons. The van der Waals surface area contributed by atoms with Gasteiger partial charge >= 0.3 is 0 Å². The van der Waals surface area contributed by atoms with E-state index in [1.54, 1.807) is 16.4 Å². The van der Waals surface area contributed by atoms with Crippen LogP contribution in [0.15, 0.2) is 23.1 Å². The molecular formula is C16H24N2O4S. The lowest BCUT2D eigenvalue weighted by molar-refractivity contribution is 0.0597. The first-order chi connectivity index (χ1) is 10.9. The lowest BCUT2D eigenvalue weighted by Crippen LogP contribution is -2.58. The zero-order chi connectivity index (χ0) is 16.6. The number of aliphatic hydroxyl groups is 1. The maximum absolute atomic E-state index is 13.0. The van der Waals surface area contributed by atoms with Crippen molar-refractivity contribution >= 4 is 10.0 Å². The van der Waals surface area contributed by atoms with Gasteiger partial charge in [0.1, 0.15) is 0 Å². The number of nitrogens with zero attached hydrogens (tertiary/aromatic N) is 2. The highest BCUT2D eigenvalue weighted by molar-refractivity contribution is 7.89. The molecule has 2 aliphatic heterocycles. The van der Waals surface area contributed by atoms with Gasteiger partial charge in [0.05, 0.1) is 24.7 Å². The van der Waals surface area contributed by atoms with Crippen LogP contribution in [0.25, 0.3) is 0 Å². The van der Waals surface area contributed by atoms with E-state index in [0.717, 1.165) is 11.1 Å². The second kappa shape index (κ2) is 6.49. The average molecular weight is 340 g/mol. The summed E-state index contributed by atoms with van der Waals surface area (Å²) in [5.41, 5.74) is 2.03. The molecule has 0 unspecified atom stereocenters. The highest BCUT2D eigenvalue weighted by Crippen LogP contribution is 2.27. The third-order valence-corrected chi connectivity index (χ3v) is 6.58. The van der Waals surface area contributed by atoms with Crippen LogP contribution in [-0.4, -0.2) is 61.1 Å². The van der Waals surface area contributed by atoms with Gasteiger partial charge in [-0.1, -0.05) is 6.07 Å². The van der Waals surface area contributed by atoms with Gasteiger partial charge in [-0.3, -0.25) is 4.90 Å². The van der Waals surface area contributed by atoms with E-state index in [1.165, 1.54) is 0 Å². The predicted octanol–water partition coefficient (Wildman–Crippen LogP) is 0.792. The SMILES string of the molecule is C[C@@H]1CN(S(=O)(=O)c2ccc3c(c2)COC3)C[C@H](C)N1CCO. The monoisotopic (exact) mass is 340 g/mol. The van der Waals surface area contributed by atoms with Crippen LogP contribution in [0.5, 0.6) is 0 Å². The first-order valence-electron chi connectivity index (χ1n) is 8.00. The molecule has 1 saturated heterocycles. The summed E-state index contributed by atoms with van der Waals surface area (Å²) in [5, 5.41) is 9.16. The van der Waals surface area contributed by atoms with Crippen molar-refractivity contribution in [3.63, 3.8) is 0 Å². The Bertz CT molecular complexity index is 665. The largest absolute Gasteiger partial charge is 0.395 e. The molecule has 0 bridgehead atoms. The van der Waals surface area contributed by atoms with Crippen LogP contribution < -0.4 is 0 Å². The van der Waals surface area contributed by atoms with E-state index in [9.17, 15) is 8.42 Å². The molecule has 0 spiro atoms. The Balaban J connectivity index is 1.83. The maximum atomic E-state index is 13.0. The van der Waals surface area contributed by atoms with E-state index in [2.05, 4.69) is 4.90 Å². The number of piperazine rings is 1. The number of rotatable bonds is 4. The van der Waals surface area contributed by atoms with Crippen LogP contribution in [0.4, 0.5) is 0 Å². The van der Waals surface area contributed by atoms with Gasteiger partial charge in [-0.15, -0.1) is 0 Å². The van der Waals surface area contributed by atoms with Crippen molar-refractivity contribution in [1.82, 2.24) is 9.21 Å². The maximum Gasteiger partial charge on any atom is 0.243 e. The first kappa shape index (κ1) is 16.9. The average Bonchev–Trinajstić information content (AvgIpc) is 2.98. The minimum atomic E-state index is -3.50. The van der Waals surface area contributed by atoms with Crippen LogP contribution in [0.3, 0.4) is 0 Å². The third-order valence-electron chi connectivity index (χ3n) is 4.76. The molecule has 23 heavy (non-hydrogen) atoms. The zero-order valence-corrected chi connectivity index (χ0v) is 14.4. The molecule has 2 heterocycles. The molecule has 7 heteroatoms. The van der Waals surface area contributed by atoms with Gasteiger partial charge in [-0.25, -0.2) is 8.42 Å². The summed E-state index contributed by atoms with van der Waals surface area (Å²) in [7, 11) is -3.50. The molecule has 0 radical (unpaired) electrons. The van der Waals surface area contributed by atoms with Crippen molar-refractivity contribution in [2.24, 2.45) is 0 Å². The Morgan fingerprint density at radius 3 is 2.48 bits per heavy atom. The quantitative estimate of drug-likeness (QED) is 0.878. The molecule has 2 aliphatic rings. The number of ether oxygens (including phenoxy) is 1. The van der Waals surface area contributed by atoms with E-state index in [4.69, 9.17) is 9.84 Å². The van der Waals surface area contributed by atoms with Gasteiger partial charge in [-0.05, 0) is 37.1 Å². The van der Waals surface area contributed by atoms with Crippen LogP contribution in [0, 0.1) is 0 Å². The Kier molecular flexibility index (Phi) is 4.75. The molecule has 1 aromatic carbocycles. The van der Waals surface area contributed by atoms with Crippen molar-refractivity contribution < 1.29 is 18.3 Å². The van der Waals surface area contributed by atoms with Gasteiger partial charge < -0.3 is 9.84 Å². The van der Waals surface area contributed by atoms with E-state index >= 15 is 0 Å². The Morgan fingerprint density at radius 1 is 1.17 bits per heavy atom. The number of benzene rings is 1. The Morgan fingerprint density at radius 2 is 1.83 bits per heavy atom. The number of β-amino-alcohol motifs (C(OH)–C–C–N with tert-alkyl or cyclic N) is 1. The molecule has 1 aromatic rings. The summed E-state index contributed by atoms with van der Waals surface area (Å²) >= 11 is 0. The lowest BCUT2D eigenvalue weighted by atomic mass is 10.1. The van der Waals surface area contributed by atoms with E-state index in [-0.39, 0.29) is 18.7 Å². The normalized spacial score (nSPS) is 26.4. The van der Waals surface area contributed by atoms with E-state index in [1.807, 2.05) is 19.9 Å². The lowest BCUT2D eigenvalue weighted by Gasteiger charge is -2.43. The molecule has 0 aromatic heterocycles. The minimum Gasteiger partial charge on any atom is -0.395 e. The first-order valence-corrected chi connectivity index (χ1v) is 9.44. The molecule has 0 saturated carbocycles. The second-order valence-corrected chi connectivity index (χ2v) is 8.34. The van der Waals surface area contributed by atoms with Crippen molar-refractivity contribution in [2.75, 3.05) is 26.2 Å². The standard InChI is InChI=1S/C16H24N2O4S/c1-12-8-17(9-13(2)18(12)5-6-19)23(20,21)16-4-3-14-10-22-11-15(14)7-16/h3-4,7,12-13,19H,5-6,8-11H2,1-2H3/t12-,13+. The summed E-state index contributed by atoms with van der Waals surface area (Å²) in [6, 6.07) is 5.44.